The van der Waals surface area contributed by atoms with Gasteiger partial charge in [-0.25, -0.2) is 14.8 Å². The summed E-state index contributed by atoms with van der Waals surface area (Å²) in [5.41, 5.74) is 2.15. The Balaban J connectivity index is 1.56. The van der Waals surface area contributed by atoms with Crippen LogP contribution < -0.4 is 5.32 Å². The topological polar surface area (TPSA) is 94.1 Å². The SMILES string of the molecule is Cc1cnc(C(=O)OCC(=O)Nc2nc(-c3ccccc3Cl)cs2)cn1. The molecule has 3 aromatic rings. The number of aryl methyl sites for hydroxylation is 1. The number of rotatable bonds is 5. The number of amides is 1. The van der Waals surface area contributed by atoms with Gasteiger partial charge in [0.05, 0.1) is 17.6 Å². The molecule has 1 aromatic carbocycles. The van der Waals surface area contributed by atoms with Crippen molar-refractivity contribution >= 4 is 39.9 Å². The summed E-state index contributed by atoms with van der Waals surface area (Å²) in [5.74, 6) is -1.22. The Morgan fingerprint density at radius 2 is 2.04 bits per heavy atom. The molecule has 132 valence electrons. The molecule has 9 heteroatoms. The standard InChI is InChI=1S/C17H13ClN4O3S/c1-10-6-20-13(7-19-10)16(24)25-8-15(23)22-17-21-14(9-26-17)11-4-2-3-5-12(11)18/h2-7,9H,8H2,1H3,(H,21,22,23). The quantitative estimate of drug-likeness (QED) is 0.673. The number of nitrogens with one attached hydrogen (secondary N) is 1. The monoisotopic (exact) mass is 388 g/mol. The van der Waals surface area contributed by atoms with Crippen molar-refractivity contribution in [3.05, 3.63) is 58.4 Å². The molecule has 0 bridgehead atoms. The van der Waals surface area contributed by atoms with Gasteiger partial charge in [0, 0.05) is 22.2 Å². The van der Waals surface area contributed by atoms with Gasteiger partial charge in [-0.3, -0.25) is 15.1 Å². The molecule has 2 aromatic heterocycles. The average molecular weight is 389 g/mol. The summed E-state index contributed by atoms with van der Waals surface area (Å²) in [6.45, 7) is 1.30. The smallest absolute Gasteiger partial charge is 0.359 e. The van der Waals surface area contributed by atoms with Crippen LogP contribution in [0.25, 0.3) is 11.3 Å². The van der Waals surface area contributed by atoms with E-state index in [4.69, 9.17) is 16.3 Å². The molecule has 2 heterocycles. The highest BCUT2D eigenvalue weighted by molar-refractivity contribution is 7.14. The number of ether oxygens (including phenoxy) is 1. The van der Waals surface area contributed by atoms with E-state index in [9.17, 15) is 9.59 Å². The number of benzene rings is 1. The second-order valence-electron chi connectivity index (χ2n) is 5.19. The van der Waals surface area contributed by atoms with Crippen LogP contribution in [0, 0.1) is 6.92 Å². The van der Waals surface area contributed by atoms with Gasteiger partial charge in [0.25, 0.3) is 5.91 Å². The minimum Gasteiger partial charge on any atom is -0.451 e. The number of hydrogen-bond acceptors (Lipinski definition) is 7. The first-order valence-electron chi connectivity index (χ1n) is 7.49. The fourth-order valence-corrected chi connectivity index (χ4v) is 2.94. The zero-order valence-electron chi connectivity index (χ0n) is 13.6. The molecule has 0 aliphatic rings. The highest BCUT2D eigenvalue weighted by Gasteiger charge is 2.14. The number of carbonyl (C=O) groups excluding carboxylic acids is 2. The molecule has 0 radical (unpaired) electrons. The summed E-state index contributed by atoms with van der Waals surface area (Å²) in [4.78, 5) is 35.9. The molecule has 0 saturated carbocycles. The number of aromatic nitrogens is 3. The molecular weight excluding hydrogens is 376 g/mol. The van der Waals surface area contributed by atoms with Crippen molar-refractivity contribution in [3.8, 4) is 11.3 Å². The van der Waals surface area contributed by atoms with Gasteiger partial charge in [-0.1, -0.05) is 29.8 Å². The largest absolute Gasteiger partial charge is 0.451 e. The Labute approximate surface area is 158 Å². The molecule has 26 heavy (non-hydrogen) atoms. The van der Waals surface area contributed by atoms with Crippen molar-refractivity contribution in [2.75, 3.05) is 11.9 Å². The van der Waals surface area contributed by atoms with Crippen LogP contribution in [0.5, 0.6) is 0 Å². The fourth-order valence-electron chi connectivity index (χ4n) is 1.98. The van der Waals surface area contributed by atoms with E-state index in [2.05, 4.69) is 20.3 Å². The van der Waals surface area contributed by atoms with Crippen molar-refractivity contribution in [2.24, 2.45) is 0 Å². The van der Waals surface area contributed by atoms with E-state index in [1.165, 1.54) is 23.7 Å². The number of halogens is 1. The van der Waals surface area contributed by atoms with Gasteiger partial charge in [-0.15, -0.1) is 11.3 Å². The maximum absolute atomic E-state index is 11.9. The molecule has 0 aliphatic heterocycles. The van der Waals surface area contributed by atoms with Crippen molar-refractivity contribution in [1.82, 2.24) is 15.0 Å². The van der Waals surface area contributed by atoms with Gasteiger partial charge in [0.15, 0.2) is 17.4 Å². The first-order valence-corrected chi connectivity index (χ1v) is 8.75. The van der Waals surface area contributed by atoms with Gasteiger partial charge in [-0.2, -0.15) is 0 Å². The molecule has 0 spiro atoms. The lowest BCUT2D eigenvalue weighted by molar-refractivity contribution is -0.119. The minimum atomic E-state index is -0.719. The lowest BCUT2D eigenvalue weighted by Gasteiger charge is -2.04. The molecule has 1 N–H and O–H groups in total. The number of thiazole rings is 1. The summed E-state index contributed by atoms with van der Waals surface area (Å²) in [6.07, 6.45) is 2.74. The molecule has 0 atom stereocenters. The number of esters is 1. The van der Waals surface area contributed by atoms with E-state index in [1.807, 2.05) is 18.2 Å². The van der Waals surface area contributed by atoms with E-state index in [0.29, 0.717) is 21.5 Å². The van der Waals surface area contributed by atoms with Crippen LogP contribution in [0.2, 0.25) is 5.02 Å². The summed E-state index contributed by atoms with van der Waals surface area (Å²) < 4.78 is 4.91. The van der Waals surface area contributed by atoms with Crippen molar-refractivity contribution in [2.45, 2.75) is 6.92 Å². The predicted molar refractivity (Wildman–Crippen MR) is 98.2 cm³/mol. The Bertz CT molecular complexity index is 943. The summed E-state index contributed by atoms with van der Waals surface area (Å²) in [5, 5.41) is 5.32. The maximum Gasteiger partial charge on any atom is 0.359 e. The van der Waals surface area contributed by atoms with Crippen LogP contribution >= 0.6 is 22.9 Å². The third-order valence-electron chi connectivity index (χ3n) is 3.22. The van der Waals surface area contributed by atoms with E-state index in [1.54, 1.807) is 18.4 Å². The van der Waals surface area contributed by atoms with Crippen LogP contribution in [0.15, 0.2) is 42.0 Å². The Morgan fingerprint density at radius 3 is 2.77 bits per heavy atom. The first kappa shape index (κ1) is 18.0. The lowest BCUT2D eigenvalue weighted by atomic mass is 10.2. The van der Waals surface area contributed by atoms with Gasteiger partial charge in [-0.05, 0) is 13.0 Å². The minimum absolute atomic E-state index is 0.0404. The summed E-state index contributed by atoms with van der Waals surface area (Å²) in [6, 6.07) is 7.29. The molecule has 0 aliphatic carbocycles. The van der Waals surface area contributed by atoms with Gasteiger partial charge in [0.1, 0.15) is 0 Å². The summed E-state index contributed by atoms with van der Waals surface area (Å²) >= 11 is 7.38. The van der Waals surface area contributed by atoms with Crippen molar-refractivity contribution < 1.29 is 14.3 Å². The predicted octanol–water partition coefficient (Wildman–Crippen LogP) is 3.36. The van der Waals surface area contributed by atoms with E-state index in [0.717, 1.165) is 5.56 Å². The normalized spacial score (nSPS) is 10.4. The molecule has 0 fully saturated rings. The van der Waals surface area contributed by atoms with Crippen LogP contribution in [0.3, 0.4) is 0 Å². The van der Waals surface area contributed by atoms with Crippen LogP contribution in [-0.4, -0.2) is 33.4 Å². The second kappa shape index (κ2) is 8.03. The Kier molecular flexibility index (Phi) is 5.55. The van der Waals surface area contributed by atoms with Crippen molar-refractivity contribution in [3.63, 3.8) is 0 Å². The zero-order chi connectivity index (χ0) is 18.5. The van der Waals surface area contributed by atoms with Gasteiger partial charge < -0.3 is 4.74 Å². The first-order chi connectivity index (χ1) is 12.5. The molecule has 3 rings (SSSR count). The highest BCUT2D eigenvalue weighted by Crippen LogP contribution is 2.30. The van der Waals surface area contributed by atoms with Crippen molar-refractivity contribution in [1.29, 1.82) is 0 Å². The van der Waals surface area contributed by atoms with Crippen LogP contribution in [-0.2, 0) is 9.53 Å². The molecule has 0 unspecified atom stereocenters. The van der Waals surface area contributed by atoms with Gasteiger partial charge >= 0.3 is 5.97 Å². The van der Waals surface area contributed by atoms with Gasteiger partial charge in [0.2, 0.25) is 0 Å². The number of nitrogens with zero attached hydrogens (tertiary/aromatic N) is 3. The highest BCUT2D eigenvalue weighted by atomic mass is 35.5. The van der Waals surface area contributed by atoms with E-state index < -0.39 is 18.5 Å². The second-order valence-corrected chi connectivity index (χ2v) is 6.45. The van der Waals surface area contributed by atoms with Crippen LogP contribution in [0.4, 0.5) is 5.13 Å². The lowest BCUT2D eigenvalue weighted by Crippen LogP contribution is -2.21. The molecular formula is C17H13ClN4O3S. The average Bonchev–Trinajstić information content (AvgIpc) is 3.09. The number of hydrogen-bond donors (Lipinski definition) is 1. The number of carbonyl (C=O) groups is 2. The third-order valence-corrected chi connectivity index (χ3v) is 4.31. The Morgan fingerprint density at radius 1 is 1.23 bits per heavy atom. The Hall–Kier alpha value is -2.84. The molecule has 1 amide bonds. The molecule has 0 saturated heterocycles. The fraction of sp³-hybridized carbons (Fsp3) is 0.118. The van der Waals surface area contributed by atoms with E-state index >= 15 is 0 Å². The third kappa shape index (κ3) is 4.41. The maximum atomic E-state index is 11.9. The molecule has 7 nitrogen and oxygen atoms in total. The van der Waals surface area contributed by atoms with E-state index in [-0.39, 0.29) is 5.69 Å². The summed E-state index contributed by atoms with van der Waals surface area (Å²) in [7, 11) is 0. The zero-order valence-corrected chi connectivity index (χ0v) is 15.2. The van der Waals surface area contributed by atoms with Crippen LogP contribution in [0.1, 0.15) is 16.2 Å². The number of anilines is 1.